The molecule has 0 aromatic carbocycles. The fourth-order valence-corrected chi connectivity index (χ4v) is 3.42. The molecule has 0 aromatic rings. The van der Waals surface area contributed by atoms with Gasteiger partial charge in [-0.3, -0.25) is 4.90 Å². The van der Waals surface area contributed by atoms with Crippen molar-refractivity contribution in [3.8, 4) is 0 Å². The van der Waals surface area contributed by atoms with Gasteiger partial charge in [-0.25, -0.2) is 0 Å². The van der Waals surface area contributed by atoms with E-state index in [1.807, 2.05) is 6.92 Å². The molecule has 1 saturated carbocycles. The molecule has 1 aliphatic carbocycles. The van der Waals surface area contributed by atoms with Crippen molar-refractivity contribution in [1.29, 1.82) is 0 Å². The van der Waals surface area contributed by atoms with Crippen molar-refractivity contribution in [3.05, 3.63) is 0 Å². The Kier molecular flexibility index (Phi) is 3.57. The molecule has 1 heterocycles. The van der Waals surface area contributed by atoms with E-state index in [4.69, 9.17) is 0 Å². The predicted molar refractivity (Wildman–Crippen MR) is 64.3 cm³/mol. The number of aliphatic hydroxyl groups excluding tert-OH is 1. The molecule has 2 fully saturated rings. The number of hydrogen-bond donors (Lipinski definition) is 2. The summed E-state index contributed by atoms with van der Waals surface area (Å²) >= 11 is 0. The topological polar surface area (TPSA) is 43.7 Å². The van der Waals surface area contributed by atoms with Crippen LogP contribution in [0.4, 0.5) is 0 Å². The van der Waals surface area contributed by atoms with Gasteiger partial charge in [0.1, 0.15) is 0 Å². The van der Waals surface area contributed by atoms with Crippen molar-refractivity contribution in [1.82, 2.24) is 4.90 Å². The Bertz CT molecular complexity index is 234. The van der Waals surface area contributed by atoms with Crippen molar-refractivity contribution >= 4 is 0 Å². The second-order valence-electron chi connectivity index (χ2n) is 6.18. The molecule has 2 aliphatic rings. The molecule has 16 heavy (non-hydrogen) atoms. The van der Waals surface area contributed by atoms with Crippen LogP contribution in [0.3, 0.4) is 0 Å². The van der Waals surface area contributed by atoms with Crippen LogP contribution in [-0.2, 0) is 0 Å². The standard InChI is InChI=1S/C13H25NO2/c1-12(16)5-4-8-14(9-12)10-13(11-15)6-2-3-7-13/h15-16H,2-11H2,1H3. The fourth-order valence-electron chi connectivity index (χ4n) is 3.42. The highest BCUT2D eigenvalue weighted by molar-refractivity contribution is 4.91. The molecule has 0 amide bonds. The lowest BCUT2D eigenvalue weighted by Crippen LogP contribution is -2.50. The van der Waals surface area contributed by atoms with Gasteiger partial charge in [0, 0.05) is 25.1 Å². The summed E-state index contributed by atoms with van der Waals surface area (Å²) in [4.78, 5) is 2.35. The predicted octanol–water partition coefficient (Wildman–Crippen LogP) is 1.39. The molecule has 0 aromatic heterocycles. The zero-order valence-corrected chi connectivity index (χ0v) is 10.4. The van der Waals surface area contributed by atoms with Crippen LogP contribution in [0.15, 0.2) is 0 Å². The normalized spacial score (nSPS) is 35.4. The lowest BCUT2D eigenvalue weighted by molar-refractivity contribution is -0.0347. The van der Waals surface area contributed by atoms with Crippen LogP contribution < -0.4 is 0 Å². The monoisotopic (exact) mass is 227 g/mol. The van der Waals surface area contributed by atoms with E-state index in [0.29, 0.717) is 6.61 Å². The quantitative estimate of drug-likeness (QED) is 0.765. The number of nitrogens with zero attached hydrogens (tertiary/aromatic N) is 1. The highest BCUT2D eigenvalue weighted by Crippen LogP contribution is 2.39. The molecule has 0 bridgehead atoms. The van der Waals surface area contributed by atoms with Gasteiger partial charge in [0.25, 0.3) is 0 Å². The largest absolute Gasteiger partial charge is 0.396 e. The number of aliphatic hydroxyl groups is 2. The number of rotatable bonds is 3. The molecule has 3 nitrogen and oxygen atoms in total. The Morgan fingerprint density at radius 2 is 1.81 bits per heavy atom. The van der Waals surface area contributed by atoms with Gasteiger partial charge in [-0.05, 0) is 39.2 Å². The maximum Gasteiger partial charge on any atom is 0.0746 e. The smallest absolute Gasteiger partial charge is 0.0746 e. The third-order valence-electron chi connectivity index (χ3n) is 4.31. The summed E-state index contributed by atoms with van der Waals surface area (Å²) in [5.41, 5.74) is -0.388. The number of hydrogen-bond acceptors (Lipinski definition) is 3. The third kappa shape index (κ3) is 2.76. The third-order valence-corrected chi connectivity index (χ3v) is 4.31. The SMILES string of the molecule is CC1(O)CCCN(CC2(CO)CCCC2)C1. The van der Waals surface area contributed by atoms with E-state index in [1.54, 1.807) is 0 Å². The van der Waals surface area contributed by atoms with Crippen LogP contribution >= 0.6 is 0 Å². The zero-order valence-electron chi connectivity index (χ0n) is 10.4. The van der Waals surface area contributed by atoms with Crippen molar-refractivity contribution in [2.45, 2.75) is 51.0 Å². The molecule has 0 spiro atoms. The summed E-state index contributed by atoms with van der Waals surface area (Å²) in [5, 5.41) is 19.7. The van der Waals surface area contributed by atoms with Gasteiger partial charge in [-0.1, -0.05) is 12.8 Å². The summed E-state index contributed by atoms with van der Waals surface area (Å²) in [5.74, 6) is 0. The van der Waals surface area contributed by atoms with E-state index in [-0.39, 0.29) is 5.41 Å². The maximum absolute atomic E-state index is 10.1. The molecular weight excluding hydrogens is 202 g/mol. The van der Waals surface area contributed by atoms with Crippen LogP contribution in [-0.4, -0.2) is 47.0 Å². The van der Waals surface area contributed by atoms with Crippen LogP contribution in [0.5, 0.6) is 0 Å². The molecule has 2 N–H and O–H groups in total. The summed E-state index contributed by atoms with van der Waals surface area (Å²) < 4.78 is 0. The van der Waals surface area contributed by atoms with Gasteiger partial charge < -0.3 is 10.2 Å². The average molecular weight is 227 g/mol. The Morgan fingerprint density at radius 1 is 1.12 bits per heavy atom. The minimum absolute atomic E-state index is 0.132. The van der Waals surface area contributed by atoms with Gasteiger partial charge in [-0.2, -0.15) is 0 Å². The molecule has 3 heteroatoms. The van der Waals surface area contributed by atoms with Gasteiger partial charge in [0.05, 0.1) is 5.60 Å². The van der Waals surface area contributed by atoms with Crippen LogP contribution in [0.1, 0.15) is 45.4 Å². The molecule has 2 rings (SSSR count). The molecule has 1 aliphatic heterocycles. The highest BCUT2D eigenvalue weighted by Gasteiger charge is 2.37. The Labute approximate surface area is 98.5 Å². The first-order valence-electron chi connectivity index (χ1n) is 6.61. The second kappa shape index (κ2) is 4.63. The van der Waals surface area contributed by atoms with E-state index in [1.165, 1.54) is 12.8 Å². The molecule has 0 radical (unpaired) electrons. The van der Waals surface area contributed by atoms with Crippen molar-refractivity contribution in [2.24, 2.45) is 5.41 Å². The van der Waals surface area contributed by atoms with E-state index < -0.39 is 5.60 Å². The van der Waals surface area contributed by atoms with Gasteiger partial charge in [0.2, 0.25) is 0 Å². The highest BCUT2D eigenvalue weighted by atomic mass is 16.3. The van der Waals surface area contributed by atoms with E-state index in [9.17, 15) is 10.2 Å². The molecular formula is C13H25NO2. The number of piperidine rings is 1. The zero-order chi connectivity index (χ0) is 11.6. The fraction of sp³-hybridized carbons (Fsp3) is 1.00. The van der Waals surface area contributed by atoms with E-state index >= 15 is 0 Å². The lowest BCUT2D eigenvalue weighted by Gasteiger charge is -2.41. The average Bonchev–Trinajstić information content (AvgIpc) is 2.65. The first kappa shape index (κ1) is 12.3. The van der Waals surface area contributed by atoms with Crippen molar-refractivity contribution < 1.29 is 10.2 Å². The summed E-state index contributed by atoms with van der Waals surface area (Å²) in [7, 11) is 0. The Morgan fingerprint density at radius 3 is 2.38 bits per heavy atom. The van der Waals surface area contributed by atoms with Gasteiger partial charge in [0.15, 0.2) is 0 Å². The molecule has 1 saturated heterocycles. The van der Waals surface area contributed by atoms with Gasteiger partial charge in [-0.15, -0.1) is 0 Å². The minimum atomic E-state index is -0.520. The molecule has 1 unspecified atom stereocenters. The van der Waals surface area contributed by atoms with Crippen molar-refractivity contribution in [2.75, 3.05) is 26.2 Å². The molecule has 1 atom stereocenters. The van der Waals surface area contributed by atoms with Crippen LogP contribution in [0.2, 0.25) is 0 Å². The van der Waals surface area contributed by atoms with E-state index in [2.05, 4.69) is 4.90 Å². The summed E-state index contributed by atoms with van der Waals surface area (Å²) in [6, 6.07) is 0. The number of likely N-dealkylation sites (tertiary alicyclic amines) is 1. The van der Waals surface area contributed by atoms with Crippen molar-refractivity contribution in [3.63, 3.8) is 0 Å². The Balaban J connectivity index is 1.93. The first-order valence-corrected chi connectivity index (χ1v) is 6.61. The number of β-amino-alcohol motifs (C(OH)–C–C–N with tert-alkyl or cyclic N) is 1. The minimum Gasteiger partial charge on any atom is -0.396 e. The Hall–Kier alpha value is -0.120. The first-order chi connectivity index (χ1) is 7.55. The summed E-state index contributed by atoms with van der Waals surface area (Å²) in [6.07, 6.45) is 6.81. The second-order valence-corrected chi connectivity index (χ2v) is 6.18. The molecule has 94 valence electrons. The van der Waals surface area contributed by atoms with Gasteiger partial charge >= 0.3 is 0 Å². The maximum atomic E-state index is 10.1. The summed E-state index contributed by atoms with van der Waals surface area (Å²) in [6.45, 7) is 5.07. The lowest BCUT2D eigenvalue weighted by atomic mass is 9.85. The van der Waals surface area contributed by atoms with E-state index in [0.717, 1.165) is 45.3 Å². The van der Waals surface area contributed by atoms with Crippen LogP contribution in [0.25, 0.3) is 0 Å². The van der Waals surface area contributed by atoms with Crippen LogP contribution in [0, 0.1) is 5.41 Å².